The Labute approximate surface area is 202 Å². The van der Waals surface area contributed by atoms with Crippen LogP contribution in [0.5, 0.6) is 0 Å². The lowest BCUT2D eigenvalue weighted by Crippen LogP contribution is -2.55. The second-order valence-corrected chi connectivity index (χ2v) is 9.70. The predicted molar refractivity (Wildman–Crippen MR) is 133 cm³/mol. The lowest BCUT2D eigenvalue weighted by molar-refractivity contribution is 0.0407. The van der Waals surface area contributed by atoms with Crippen molar-refractivity contribution >= 4 is 33.4 Å². The van der Waals surface area contributed by atoms with E-state index in [1.54, 1.807) is 28.4 Å². The number of aromatic nitrogens is 1. The second kappa shape index (κ2) is 9.06. The lowest BCUT2D eigenvalue weighted by atomic mass is 10.1. The molecule has 1 saturated heterocycles. The Kier molecular flexibility index (Phi) is 5.96. The second-order valence-electron chi connectivity index (χ2n) is 8.80. The van der Waals surface area contributed by atoms with Gasteiger partial charge in [0.05, 0.1) is 5.56 Å². The van der Waals surface area contributed by atoms with Gasteiger partial charge in [0.2, 0.25) is 0 Å². The highest BCUT2D eigenvalue weighted by molar-refractivity contribution is 7.16. The highest BCUT2D eigenvalue weighted by Crippen LogP contribution is 2.28. The molecule has 1 atom stereocenters. The fourth-order valence-corrected chi connectivity index (χ4v) is 5.56. The summed E-state index contributed by atoms with van der Waals surface area (Å²) in [7, 11) is 0. The van der Waals surface area contributed by atoms with Crippen LogP contribution in [0.4, 0.5) is 4.39 Å². The highest BCUT2D eigenvalue weighted by atomic mass is 32.1. The SMILES string of the molecule is Cc1ccccc1Cn1c(C(=O)N2CCN(C(=O)c3ccccc3F)[C@@H](C)C2)cc2ccsc21. The molecule has 1 fully saturated rings. The number of carbonyl (C=O) groups excluding carboxylic acids is 2. The smallest absolute Gasteiger partial charge is 0.270 e. The Morgan fingerprint density at radius 3 is 2.56 bits per heavy atom. The average molecular weight is 476 g/mol. The monoisotopic (exact) mass is 475 g/mol. The van der Waals surface area contributed by atoms with Gasteiger partial charge in [-0.3, -0.25) is 9.59 Å². The van der Waals surface area contributed by atoms with Crippen LogP contribution in [0.3, 0.4) is 0 Å². The molecule has 0 unspecified atom stereocenters. The van der Waals surface area contributed by atoms with Crippen LogP contribution >= 0.6 is 11.3 Å². The molecule has 7 heteroatoms. The number of amides is 2. The Morgan fingerprint density at radius 2 is 1.79 bits per heavy atom. The number of piperazine rings is 1. The zero-order valence-corrected chi connectivity index (χ0v) is 20.0. The Balaban J connectivity index is 1.38. The third kappa shape index (κ3) is 4.01. The van der Waals surface area contributed by atoms with Crippen LogP contribution in [0.2, 0.25) is 0 Å². The number of halogens is 1. The quantitative estimate of drug-likeness (QED) is 0.408. The van der Waals surface area contributed by atoms with Crippen LogP contribution in [0.15, 0.2) is 66.0 Å². The number of carbonyl (C=O) groups is 2. The summed E-state index contributed by atoms with van der Waals surface area (Å²) in [5.74, 6) is -0.893. The molecule has 2 aromatic heterocycles. The molecule has 5 rings (SSSR count). The molecular formula is C27H26FN3O2S. The summed E-state index contributed by atoms with van der Waals surface area (Å²) < 4.78 is 16.3. The molecule has 34 heavy (non-hydrogen) atoms. The van der Waals surface area contributed by atoms with Gasteiger partial charge in [0, 0.05) is 37.6 Å². The van der Waals surface area contributed by atoms with E-state index in [1.807, 2.05) is 41.5 Å². The first-order valence-corrected chi connectivity index (χ1v) is 12.3. The first-order chi connectivity index (χ1) is 16.4. The van der Waals surface area contributed by atoms with Crippen LogP contribution in [0.1, 0.15) is 38.9 Å². The van der Waals surface area contributed by atoms with E-state index in [0.29, 0.717) is 31.9 Å². The molecule has 1 aliphatic rings. The number of rotatable bonds is 4. The van der Waals surface area contributed by atoms with Crippen molar-refractivity contribution in [2.75, 3.05) is 19.6 Å². The number of hydrogen-bond acceptors (Lipinski definition) is 3. The predicted octanol–water partition coefficient (Wildman–Crippen LogP) is 5.19. The zero-order chi connectivity index (χ0) is 23.8. The fourth-order valence-electron chi connectivity index (χ4n) is 4.66. The number of thiophene rings is 1. The Morgan fingerprint density at radius 1 is 1.03 bits per heavy atom. The summed E-state index contributed by atoms with van der Waals surface area (Å²) in [6, 6.07) is 18.0. The molecular weight excluding hydrogens is 449 g/mol. The summed E-state index contributed by atoms with van der Waals surface area (Å²) >= 11 is 1.63. The summed E-state index contributed by atoms with van der Waals surface area (Å²) in [5.41, 5.74) is 3.09. The van der Waals surface area contributed by atoms with E-state index in [4.69, 9.17) is 0 Å². The lowest BCUT2D eigenvalue weighted by Gasteiger charge is -2.40. The maximum Gasteiger partial charge on any atom is 0.270 e. The van der Waals surface area contributed by atoms with E-state index < -0.39 is 5.82 Å². The third-order valence-electron chi connectivity index (χ3n) is 6.59. The molecule has 4 aromatic rings. The fraction of sp³-hybridized carbons (Fsp3) is 0.259. The molecule has 2 aromatic carbocycles. The zero-order valence-electron chi connectivity index (χ0n) is 19.2. The molecule has 0 saturated carbocycles. The van der Waals surface area contributed by atoms with Crippen LogP contribution in [0, 0.1) is 12.7 Å². The van der Waals surface area contributed by atoms with Crippen LogP contribution in [-0.2, 0) is 6.54 Å². The standard InChI is InChI=1S/C27H26FN3O2S/c1-18-7-3-4-8-21(18)17-31-24(15-20-11-14-34-27(20)31)26(33)29-12-13-30(19(2)16-29)25(32)22-9-5-6-10-23(22)28/h3-11,14-15,19H,12-13,16-17H2,1-2H3/t19-/m0/s1. The molecule has 0 aliphatic carbocycles. The summed E-state index contributed by atoms with van der Waals surface area (Å²) in [6.45, 7) is 5.79. The van der Waals surface area contributed by atoms with Gasteiger partial charge in [-0.15, -0.1) is 11.3 Å². The topological polar surface area (TPSA) is 45.6 Å². The van der Waals surface area contributed by atoms with Gasteiger partial charge in [-0.25, -0.2) is 4.39 Å². The molecule has 1 aliphatic heterocycles. The van der Waals surface area contributed by atoms with Gasteiger partial charge in [-0.2, -0.15) is 0 Å². The molecule has 2 amide bonds. The van der Waals surface area contributed by atoms with Crippen molar-refractivity contribution in [2.24, 2.45) is 0 Å². The summed E-state index contributed by atoms with van der Waals surface area (Å²) in [6.07, 6.45) is 0. The van der Waals surface area contributed by atoms with Gasteiger partial charge in [0.15, 0.2) is 0 Å². The van der Waals surface area contributed by atoms with Crippen molar-refractivity contribution in [2.45, 2.75) is 26.4 Å². The molecule has 0 bridgehead atoms. The minimum Gasteiger partial charge on any atom is -0.334 e. The van der Waals surface area contributed by atoms with Gasteiger partial charge in [0.25, 0.3) is 11.8 Å². The van der Waals surface area contributed by atoms with Crippen molar-refractivity contribution in [1.82, 2.24) is 14.4 Å². The van der Waals surface area contributed by atoms with Crippen molar-refractivity contribution in [1.29, 1.82) is 0 Å². The van der Waals surface area contributed by atoms with Gasteiger partial charge < -0.3 is 14.4 Å². The van der Waals surface area contributed by atoms with Crippen LogP contribution in [0.25, 0.3) is 10.2 Å². The molecule has 5 nitrogen and oxygen atoms in total. The molecule has 0 radical (unpaired) electrons. The van der Waals surface area contributed by atoms with Crippen LogP contribution < -0.4 is 0 Å². The van der Waals surface area contributed by atoms with Gasteiger partial charge in [-0.1, -0.05) is 36.4 Å². The summed E-state index contributed by atoms with van der Waals surface area (Å²) in [4.78, 5) is 31.1. The number of fused-ring (bicyclic) bond motifs is 1. The van der Waals surface area contributed by atoms with E-state index in [-0.39, 0.29) is 23.4 Å². The van der Waals surface area contributed by atoms with Crippen molar-refractivity contribution < 1.29 is 14.0 Å². The number of benzene rings is 2. The van der Waals surface area contributed by atoms with E-state index in [0.717, 1.165) is 10.2 Å². The molecule has 0 spiro atoms. The number of nitrogens with zero attached hydrogens (tertiary/aromatic N) is 3. The summed E-state index contributed by atoms with van der Waals surface area (Å²) in [5, 5.41) is 3.10. The Bertz CT molecular complexity index is 1380. The van der Waals surface area contributed by atoms with E-state index in [9.17, 15) is 14.0 Å². The normalized spacial score (nSPS) is 16.3. The van der Waals surface area contributed by atoms with Crippen molar-refractivity contribution in [3.05, 3.63) is 94.2 Å². The number of hydrogen-bond donors (Lipinski definition) is 0. The molecule has 0 N–H and O–H groups in total. The first kappa shape index (κ1) is 22.3. The minimum absolute atomic E-state index is 0.0400. The van der Waals surface area contributed by atoms with Crippen molar-refractivity contribution in [3.63, 3.8) is 0 Å². The van der Waals surface area contributed by atoms with Crippen molar-refractivity contribution in [3.8, 4) is 0 Å². The van der Waals surface area contributed by atoms with Gasteiger partial charge in [-0.05, 0) is 54.6 Å². The van der Waals surface area contributed by atoms with E-state index in [1.165, 1.54) is 23.3 Å². The number of aryl methyl sites for hydroxylation is 1. The van der Waals surface area contributed by atoms with E-state index >= 15 is 0 Å². The minimum atomic E-state index is -0.521. The molecule has 3 heterocycles. The van der Waals surface area contributed by atoms with Gasteiger partial charge >= 0.3 is 0 Å². The maximum atomic E-state index is 14.2. The van der Waals surface area contributed by atoms with Gasteiger partial charge in [0.1, 0.15) is 16.3 Å². The maximum absolute atomic E-state index is 14.2. The third-order valence-corrected chi connectivity index (χ3v) is 7.54. The van der Waals surface area contributed by atoms with E-state index in [2.05, 4.69) is 23.6 Å². The Hall–Kier alpha value is -3.45. The highest BCUT2D eigenvalue weighted by Gasteiger charge is 2.33. The largest absolute Gasteiger partial charge is 0.334 e. The van der Waals surface area contributed by atoms with Crippen LogP contribution in [-0.4, -0.2) is 51.9 Å². The first-order valence-electron chi connectivity index (χ1n) is 11.4. The molecule has 174 valence electrons. The average Bonchev–Trinajstić information content (AvgIpc) is 3.42.